The van der Waals surface area contributed by atoms with Crippen LogP contribution in [0.4, 0.5) is 5.69 Å². The fraction of sp³-hybridized carbons (Fsp3) is 0.467. The standard InChI is InChI=1S/C15H19N3O3/c16-14(19)13-9-21-8-7-18(13)15(20)11-5-6-17-12-4-2-1-3-10(11)12/h1-4,11,13,17H,5-9H2,(H2,16,19). The van der Waals surface area contributed by atoms with Crippen molar-refractivity contribution in [2.75, 3.05) is 31.6 Å². The Kier molecular flexibility index (Phi) is 3.79. The van der Waals surface area contributed by atoms with Crippen molar-refractivity contribution in [3.63, 3.8) is 0 Å². The first-order valence-corrected chi connectivity index (χ1v) is 7.19. The molecular formula is C15H19N3O3. The van der Waals surface area contributed by atoms with E-state index in [1.165, 1.54) is 0 Å². The molecule has 0 saturated carbocycles. The number of amides is 2. The average Bonchev–Trinajstić information content (AvgIpc) is 2.53. The van der Waals surface area contributed by atoms with E-state index < -0.39 is 11.9 Å². The van der Waals surface area contributed by atoms with Crippen LogP contribution in [0, 0.1) is 0 Å². The predicted molar refractivity (Wildman–Crippen MR) is 77.8 cm³/mol. The molecule has 1 aromatic carbocycles. The predicted octanol–water partition coefficient (Wildman–Crippen LogP) is 0.299. The number of nitrogens with zero attached hydrogens (tertiary/aromatic N) is 1. The first-order chi connectivity index (χ1) is 10.2. The highest BCUT2D eigenvalue weighted by molar-refractivity contribution is 5.91. The van der Waals surface area contributed by atoms with Gasteiger partial charge in [-0.05, 0) is 18.1 Å². The average molecular weight is 289 g/mol. The van der Waals surface area contributed by atoms with E-state index in [2.05, 4.69) is 5.32 Å². The van der Waals surface area contributed by atoms with E-state index in [1.807, 2.05) is 24.3 Å². The Balaban J connectivity index is 1.86. The molecule has 2 aliphatic heterocycles. The number of hydrogen-bond donors (Lipinski definition) is 2. The molecule has 0 radical (unpaired) electrons. The second kappa shape index (κ2) is 5.73. The van der Waals surface area contributed by atoms with Crippen LogP contribution < -0.4 is 11.1 Å². The Hall–Kier alpha value is -2.08. The van der Waals surface area contributed by atoms with Crippen LogP contribution in [0.15, 0.2) is 24.3 Å². The number of hydrogen-bond acceptors (Lipinski definition) is 4. The van der Waals surface area contributed by atoms with Crippen molar-refractivity contribution in [3.8, 4) is 0 Å². The van der Waals surface area contributed by atoms with Gasteiger partial charge in [0.05, 0.1) is 19.1 Å². The summed E-state index contributed by atoms with van der Waals surface area (Å²) in [5.74, 6) is -0.760. The fourth-order valence-corrected chi connectivity index (χ4v) is 3.03. The molecule has 112 valence electrons. The van der Waals surface area contributed by atoms with Crippen LogP contribution in [0.3, 0.4) is 0 Å². The molecule has 0 bridgehead atoms. The topological polar surface area (TPSA) is 84.7 Å². The van der Waals surface area contributed by atoms with Crippen molar-refractivity contribution in [2.24, 2.45) is 5.73 Å². The van der Waals surface area contributed by atoms with Crippen molar-refractivity contribution in [1.82, 2.24) is 4.90 Å². The van der Waals surface area contributed by atoms with Crippen LogP contribution in [0.5, 0.6) is 0 Å². The molecule has 0 aromatic heterocycles. The monoisotopic (exact) mass is 289 g/mol. The van der Waals surface area contributed by atoms with Gasteiger partial charge in [0.2, 0.25) is 11.8 Å². The maximum Gasteiger partial charge on any atom is 0.242 e. The van der Waals surface area contributed by atoms with Gasteiger partial charge in [-0.2, -0.15) is 0 Å². The number of nitrogens with two attached hydrogens (primary N) is 1. The Morgan fingerprint density at radius 3 is 2.95 bits per heavy atom. The molecule has 0 spiro atoms. The SMILES string of the molecule is NC(=O)C1COCCN1C(=O)C1CCNc2ccccc21. The molecule has 3 N–H and O–H groups in total. The van der Waals surface area contributed by atoms with Gasteiger partial charge in [0.15, 0.2) is 0 Å². The molecule has 3 rings (SSSR count). The van der Waals surface area contributed by atoms with Crippen LogP contribution in [-0.2, 0) is 14.3 Å². The highest BCUT2D eigenvalue weighted by Gasteiger charge is 2.37. The number of rotatable bonds is 2. The minimum Gasteiger partial charge on any atom is -0.385 e. The van der Waals surface area contributed by atoms with Gasteiger partial charge in [0, 0.05) is 18.8 Å². The highest BCUT2D eigenvalue weighted by atomic mass is 16.5. The number of benzene rings is 1. The quantitative estimate of drug-likeness (QED) is 0.820. The summed E-state index contributed by atoms with van der Waals surface area (Å²) in [6, 6.07) is 7.15. The minimum atomic E-state index is -0.659. The summed E-state index contributed by atoms with van der Waals surface area (Å²) in [5, 5.41) is 3.30. The number of carbonyl (C=O) groups is 2. The molecular weight excluding hydrogens is 270 g/mol. The number of morpholine rings is 1. The second-order valence-corrected chi connectivity index (χ2v) is 5.38. The van der Waals surface area contributed by atoms with E-state index in [9.17, 15) is 9.59 Å². The number of nitrogens with one attached hydrogen (secondary N) is 1. The molecule has 1 fully saturated rings. The first-order valence-electron chi connectivity index (χ1n) is 7.19. The van der Waals surface area contributed by atoms with Crippen LogP contribution >= 0.6 is 0 Å². The third-order valence-electron chi connectivity index (χ3n) is 4.12. The molecule has 2 atom stereocenters. The largest absolute Gasteiger partial charge is 0.385 e. The summed E-state index contributed by atoms with van der Waals surface area (Å²) in [4.78, 5) is 26.0. The zero-order valence-electron chi connectivity index (χ0n) is 11.7. The summed E-state index contributed by atoms with van der Waals surface area (Å²) in [7, 11) is 0. The number of fused-ring (bicyclic) bond motifs is 1. The number of para-hydroxylation sites is 1. The number of carbonyl (C=O) groups excluding carboxylic acids is 2. The van der Waals surface area contributed by atoms with Crippen LogP contribution in [0.2, 0.25) is 0 Å². The van der Waals surface area contributed by atoms with Gasteiger partial charge in [-0.25, -0.2) is 0 Å². The molecule has 21 heavy (non-hydrogen) atoms. The van der Waals surface area contributed by atoms with Gasteiger partial charge in [-0.1, -0.05) is 18.2 Å². The van der Waals surface area contributed by atoms with Crippen LogP contribution in [0.25, 0.3) is 0 Å². The zero-order chi connectivity index (χ0) is 14.8. The lowest BCUT2D eigenvalue weighted by molar-refractivity contribution is -0.148. The summed E-state index contributed by atoms with van der Waals surface area (Å²) < 4.78 is 5.27. The normalized spacial score (nSPS) is 24.9. The second-order valence-electron chi connectivity index (χ2n) is 5.38. The molecule has 1 aromatic rings. The van der Waals surface area contributed by atoms with E-state index >= 15 is 0 Å². The van der Waals surface area contributed by atoms with Gasteiger partial charge in [0.25, 0.3) is 0 Å². The summed E-state index contributed by atoms with van der Waals surface area (Å²) in [6.07, 6.45) is 0.721. The number of ether oxygens (including phenoxy) is 1. The summed E-state index contributed by atoms with van der Waals surface area (Å²) >= 11 is 0. The van der Waals surface area contributed by atoms with Gasteiger partial charge < -0.3 is 20.7 Å². The van der Waals surface area contributed by atoms with E-state index in [-0.39, 0.29) is 18.4 Å². The Labute approximate surface area is 123 Å². The number of primary amides is 1. The van der Waals surface area contributed by atoms with Crippen molar-refractivity contribution in [2.45, 2.75) is 18.4 Å². The van der Waals surface area contributed by atoms with Crippen LogP contribution in [-0.4, -0.2) is 49.1 Å². The molecule has 6 nitrogen and oxygen atoms in total. The minimum absolute atomic E-state index is 0.0314. The lowest BCUT2D eigenvalue weighted by Crippen LogP contribution is -2.56. The van der Waals surface area contributed by atoms with Gasteiger partial charge >= 0.3 is 0 Å². The van der Waals surface area contributed by atoms with Gasteiger partial charge in [-0.15, -0.1) is 0 Å². The summed E-state index contributed by atoms with van der Waals surface area (Å²) in [6.45, 7) is 1.80. The smallest absolute Gasteiger partial charge is 0.242 e. The lowest BCUT2D eigenvalue weighted by atomic mass is 9.89. The maximum absolute atomic E-state index is 12.9. The molecule has 1 saturated heterocycles. The fourth-order valence-electron chi connectivity index (χ4n) is 3.03. The molecule has 2 unspecified atom stereocenters. The Bertz CT molecular complexity index is 561. The van der Waals surface area contributed by atoms with E-state index in [0.717, 1.165) is 24.2 Å². The van der Waals surface area contributed by atoms with E-state index in [4.69, 9.17) is 10.5 Å². The van der Waals surface area contributed by atoms with Crippen molar-refractivity contribution < 1.29 is 14.3 Å². The number of anilines is 1. The third-order valence-corrected chi connectivity index (χ3v) is 4.12. The molecule has 6 heteroatoms. The van der Waals surface area contributed by atoms with E-state index in [0.29, 0.717) is 13.2 Å². The lowest BCUT2D eigenvalue weighted by Gasteiger charge is -2.37. The van der Waals surface area contributed by atoms with Crippen molar-refractivity contribution in [1.29, 1.82) is 0 Å². The van der Waals surface area contributed by atoms with Gasteiger partial charge in [0.1, 0.15) is 6.04 Å². The zero-order valence-corrected chi connectivity index (χ0v) is 11.7. The van der Waals surface area contributed by atoms with Gasteiger partial charge in [-0.3, -0.25) is 9.59 Å². The Morgan fingerprint density at radius 1 is 1.33 bits per heavy atom. The van der Waals surface area contributed by atoms with E-state index in [1.54, 1.807) is 4.90 Å². The maximum atomic E-state index is 12.9. The molecule has 2 aliphatic rings. The summed E-state index contributed by atoms with van der Waals surface area (Å²) in [5.41, 5.74) is 7.38. The molecule has 2 heterocycles. The van der Waals surface area contributed by atoms with Crippen LogP contribution in [0.1, 0.15) is 17.9 Å². The molecule has 2 amide bonds. The van der Waals surface area contributed by atoms with Crippen molar-refractivity contribution in [3.05, 3.63) is 29.8 Å². The molecule has 0 aliphatic carbocycles. The first kappa shape index (κ1) is 13.9. The highest BCUT2D eigenvalue weighted by Crippen LogP contribution is 2.33. The van der Waals surface area contributed by atoms with Crippen molar-refractivity contribution >= 4 is 17.5 Å². The Morgan fingerprint density at radius 2 is 2.14 bits per heavy atom. The third kappa shape index (κ3) is 2.58.